The van der Waals surface area contributed by atoms with Gasteiger partial charge in [0.05, 0.1) is 21.2 Å². The van der Waals surface area contributed by atoms with E-state index in [4.69, 9.17) is 0 Å². The number of sulfonamides is 1. The van der Waals surface area contributed by atoms with E-state index in [0.717, 1.165) is 11.3 Å². The van der Waals surface area contributed by atoms with Crippen molar-refractivity contribution in [3.8, 4) is 0 Å². The minimum Gasteiger partial charge on any atom is -0.298 e. The highest BCUT2D eigenvalue weighted by molar-refractivity contribution is 7.92. The Bertz CT molecular complexity index is 1150. The Morgan fingerprint density at radius 2 is 1.66 bits per heavy atom. The van der Waals surface area contributed by atoms with Crippen LogP contribution in [0.25, 0.3) is 0 Å². The smallest absolute Gasteiger partial charge is 0.264 e. The van der Waals surface area contributed by atoms with E-state index in [0.29, 0.717) is 21.4 Å². The number of aromatic nitrogens is 1. The van der Waals surface area contributed by atoms with Gasteiger partial charge in [0.2, 0.25) is 0 Å². The topological polar surface area (TPSA) is 96.4 Å². The van der Waals surface area contributed by atoms with Crippen LogP contribution in [0.4, 0.5) is 10.8 Å². The number of carbonyl (C=O) groups excluding carboxylic acids is 2. The van der Waals surface area contributed by atoms with Crippen LogP contribution in [0, 0.1) is 6.92 Å². The Morgan fingerprint density at radius 1 is 1.03 bits per heavy atom. The van der Waals surface area contributed by atoms with Crippen molar-refractivity contribution in [2.45, 2.75) is 18.7 Å². The molecule has 0 aliphatic rings. The van der Waals surface area contributed by atoms with Gasteiger partial charge in [-0.3, -0.25) is 19.2 Å². The van der Waals surface area contributed by atoms with Crippen molar-refractivity contribution in [3.05, 3.63) is 70.7 Å². The number of nitrogens with one attached hydrogen (secondary N) is 1. The fourth-order valence-electron chi connectivity index (χ4n) is 2.66. The van der Waals surface area contributed by atoms with E-state index in [9.17, 15) is 18.0 Å². The largest absolute Gasteiger partial charge is 0.298 e. The van der Waals surface area contributed by atoms with Gasteiger partial charge in [0.1, 0.15) is 0 Å². The van der Waals surface area contributed by atoms with E-state index in [1.165, 1.54) is 42.5 Å². The average molecular weight is 430 g/mol. The summed E-state index contributed by atoms with van der Waals surface area (Å²) >= 11 is 1.10. The Labute approximate surface area is 173 Å². The number of amides is 1. The summed E-state index contributed by atoms with van der Waals surface area (Å²) in [4.78, 5) is 28.7. The van der Waals surface area contributed by atoms with Gasteiger partial charge >= 0.3 is 0 Å². The molecule has 0 bridgehead atoms. The molecule has 0 spiro atoms. The van der Waals surface area contributed by atoms with E-state index in [1.807, 2.05) is 0 Å². The zero-order valence-corrected chi connectivity index (χ0v) is 17.7. The summed E-state index contributed by atoms with van der Waals surface area (Å²) in [5.41, 5.74) is 1.38. The number of benzene rings is 2. The summed E-state index contributed by atoms with van der Waals surface area (Å²) in [5.74, 6) is -0.549. The van der Waals surface area contributed by atoms with Crippen molar-refractivity contribution in [3.63, 3.8) is 0 Å². The Kier molecular flexibility index (Phi) is 5.81. The number of nitrogens with zero attached hydrogens (tertiary/aromatic N) is 2. The molecule has 9 heteroatoms. The molecule has 1 heterocycles. The predicted octanol–water partition coefficient (Wildman–Crippen LogP) is 3.73. The van der Waals surface area contributed by atoms with Gasteiger partial charge in [-0.05, 0) is 43.3 Å². The first-order valence-electron chi connectivity index (χ1n) is 8.64. The van der Waals surface area contributed by atoms with Crippen molar-refractivity contribution in [2.75, 3.05) is 16.7 Å². The van der Waals surface area contributed by atoms with Crippen LogP contribution in [0.5, 0.6) is 0 Å². The Hall–Kier alpha value is -3.04. The number of para-hydroxylation sites is 1. The van der Waals surface area contributed by atoms with Gasteiger partial charge in [-0.25, -0.2) is 13.4 Å². The lowest BCUT2D eigenvalue weighted by Crippen LogP contribution is -2.26. The highest BCUT2D eigenvalue weighted by Gasteiger charge is 2.22. The molecule has 0 aliphatic carbocycles. The highest BCUT2D eigenvalue weighted by Crippen LogP contribution is 2.24. The van der Waals surface area contributed by atoms with Crippen molar-refractivity contribution in [2.24, 2.45) is 0 Å². The zero-order chi connectivity index (χ0) is 21.2. The molecule has 3 aromatic rings. The van der Waals surface area contributed by atoms with Gasteiger partial charge in [-0.15, -0.1) is 0 Å². The van der Waals surface area contributed by atoms with Crippen LogP contribution in [0.1, 0.15) is 32.6 Å². The van der Waals surface area contributed by atoms with E-state index in [2.05, 4.69) is 10.3 Å². The fraction of sp³-hybridized carbons (Fsp3) is 0.150. The second kappa shape index (κ2) is 8.14. The van der Waals surface area contributed by atoms with E-state index >= 15 is 0 Å². The van der Waals surface area contributed by atoms with Gasteiger partial charge in [0.15, 0.2) is 10.9 Å². The third-order valence-electron chi connectivity index (χ3n) is 4.23. The lowest BCUT2D eigenvalue weighted by atomic mass is 10.2. The normalized spacial score (nSPS) is 11.1. The van der Waals surface area contributed by atoms with E-state index in [-0.39, 0.29) is 16.2 Å². The van der Waals surface area contributed by atoms with Crippen LogP contribution in [0.15, 0.2) is 59.5 Å². The van der Waals surface area contributed by atoms with Crippen LogP contribution in [-0.2, 0) is 10.0 Å². The molecule has 0 saturated heterocycles. The van der Waals surface area contributed by atoms with Crippen LogP contribution >= 0.6 is 11.3 Å². The van der Waals surface area contributed by atoms with Crippen molar-refractivity contribution in [1.82, 2.24) is 4.98 Å². The van der Waals surface area contributed by atoms with Crippen molar-refractivity contribution >= 4 is 43.9 Å². The Balaban J connectivity index is 1.78. The predicted molar refractivity (Wildman–Crippen MR) is 113 cm³/mol. The summed E-state index contributed by atoms with van der Waals surface area (Å²) < 4.78 is 26.8. The van der Waals surface area contributed by atoms with Gasteiger partial charge in [0.25, 0.3) is 15.9 Å². The number of hydrogen-bond acceptors (Lipinski definition) is 6. The molecule has 29 heavy (non-hydrogen) atoms. The molecule has 0 aliphatic heterocycles. The first kappa shape index (κ1) is 20.7. The van der Waals surface area contributed by atoms with Gasteiger partial charge in [0, 0.05) is 19.5 Å². The maximum Gasteiger partial charge on any atom is 0.264 e. The molecule has 0 saturated carbocycles. The number of Topliss-reactive ketones (excluding diaryl/α,β-unsaturated/α-hetero) is 1. The van der Waals surface area contributed by atoms with Crippen LogP contribution in [0.3, 0.4) is 0 Å². The molecule has 3 rings (SSSR count). The lowest BCUT2D eigenvalue weighted by Gasteiger charge is -2.19. The quantitative estimate of drug-likeness (QED) is 0.602. The molecule has 0 unspecified atom stereocenters. The summed E-state index contributed by atoms with van der Waals surface area (Å²) in [5, 5.41) is 2.96. The van der Waals surface area contributed by atoms with Crippen LogP contribution in [0.2, 0.25) is 0 Å². The summed E-state index contributed by atoms with van der Waals surface area (Å²) in [7, 11) is -2.28. The van der Waals surface area contributed by atoms with Gasteiger partial charge in [-0.2, -0.15) is 0 Å². The average Bonchev–Trinajstić information content (AvgIpc) is 3.08. The number of thiazole rings is 1. The minimum atomic E-state index is -3.75. The van der Waals surface area contributed by atoms with Gasteiger partial charge in [-0.1, -0.05) is 29.5 Å². The zero-order valence-electron chi connectivity index (χ0n) is 16.0. The summed E-state index contributed by atoms with van der Waals surface area (Å²) in [6.07, 6.45) is 0. The molecule has 1 aromatic heterocycles. The molecular formula is C20H19N3O4S2. The standard InChI is InChI=1S/C20H19N3O4S2/c1-13-18(14(2)24)28-20(21-13)22-19(25)15-9-11-17(12-10-15)29(26,27)23(3)16-7-5-4-6-8-16/h4-12H,1-3H3,(H,21,22,25). The van der Waals surface area contributed by atoms with E-state index in [1.54, 1.807) is 37.3 Å². The maximum absolute atomic E-state index is 12.8. The summed E-state index contributed by atoms with van der Waals surface area (Å²) in [6, 6.07) is 14.4. The molecular weight excluding hydrogens is 410 g/mol. The molecule has 1 N–H and O–H groups in total. The number of aryl methyl sites for hydroxylation is 1. The van der Waals surface area contributed by atoms with Crippen molar-refractivity contribution in [1.29, 1.82) is 0 Å². The first-order chi connectivity index (χ1) is 13.7. The number of rotatable bonds is 6. The van der Waals surface area contributed by atoms with Crippen LogP contribution < -0.4 is 9.62 Å². The second-order valence-corrected chi connectivity index (χ2v) is 9.24. The molecule has 0 radical (unpaired) electrons. The lowest BCUT2D eigenvalue weighted by molar-refractivity contribution is 0.101. The fourth-order valence-corrected chi connectivity index (χ4v) is 4.71. The molecule has 7 nitrogen and oxygen atoms in total. The third-order valence-corrected chi connectivity index (χ3v) is 7.20. The number of carbonyl (C=O) groups is 2. The number of anilines is 2. The SMILES string of the molecule is CC(=O)c1sc(NC(=O)c2ccc(S(=O)(=O)N(C)c3ccccc3)cc2)nc1C. The molecule has 2 aromatic carbocycles. The maximum atomic E-state index is 12.8. The van der Waals surface area contributed by atoms with Crippen LogP contribution in [-0.4, -0.2) is 32.1 Å². The van der Waals surface area contributed by atoms with Gasteiger partial charge < -0.3 is 0 Å². The molecule has 150 valence electrons. The third kappa shape index (κ3) is 4.36. The molecule has 0 atom stereocenters. The monoisotopic (exact) mass is 429 g/mol. The minimum absolute atomic E-state index is 0.0735. The first-order valence-corrected chi connectivity index (χ1v) is 10.9. The highest BCUT2D eigenvalue weighted by atomic mass is 32.2. The van der Waals surface area contributed by atoms with Crippen molar-refractivity contribution < 1.29 is 18.0 Å². The number of ketones is 1. The second-order valence-electron chi connectivity index (χ2n) is 6.28. The van der Waals surface area contributed by atoms with E-state index < -0.39 is 15.9 Å². The molecule has 0 fully saturated rings. The molecule has 1 amide bonds. The summed E-state index contributed by atoms with van der Waals surface area (Å²) in [6.45, 7) is 3.14. The number of hydrogen-bond donors (Lipinski definition) is 1. The Morgan fingerprint density at radius 3 is 2.21 bits per heavy atom.